The predicted molar refractivity (Wildman–Crippen MR) is 72.6 cm³/mol. The molecular formula is C12H26N2O6. The van der Waals surface area contributed by atoms with Crippen LogP contribution in [0.2, 0.25) is 0 Å². The van der Waals surface area contributed by atoms with Gasteiger partial charge in [0.05, 0.1) is 13.2 Å². The minimum atomic E-state index is -0.906. The largest absolute Gasteiger partial charge is 0.460 e. The van der Waals surface area contributed by atoms with Gasteiger partial charge in [-0.1, -0.05) is 13.8 Å². The third-order valence-electron chi connectivity index (χ3n) is 2.11. The molecule has 0 aromatic carbocycles. The fraction of sp³-hybridized carbons (Fsp3) is 0.833. The van der Waals surface area contributed by atoms with Crippen LogP contribution in [0.15, 0.2) is 0 Å². The molecule has 8 nitrogen and oxygen atoms in total. The Kier molecular flexibility index (Phi) is 13.5. The van der Waals surface area contributed by atoms with Crippen molar-refractivity contribution in [1.82, 2.24) is 0 Å². The lowest BCUT2D eigenvalue weighted by Crippen LogP contribution is -2.37. The molecule has 20 heavy (non-hydrogen) atoms. The standard InChI is InChI=1S/C11H22N2O5.CH4O/c1-7(2)3-9(13)11(16)17-6-8(5-14)18-10(15)4-12;1-2/h7-9,14H,3-6,12-13H2,1-2H3;2H,1H3/t8?,9-;/m0./s1. The van der Waals surface area contributed by atoms with Crippen LogP contribution in [-0.2, 0) is 19.1 Å². The van der Waals surface area contributed by atoms with Crippen molar-refractivity contribution in [2.75, 3.05) is 26.9 Å². The maximum absolute atomic E-state index is 11.5. The van der Waals surface area contributed by atoms with E-state index in [4.69, 9.17) is 31.2 Å². The molecule has 0 aliphatic carbocycles. The number of carbonyl (C=O) groups excluding carboxylic acids is 2. The number of rotatable bonds is 8. The molecule has 0 aliphatic heterocycles. The monoisotopic (exact) mass is 294 g/mol. The first-order valence-corrected chi connectivity index (χ1v) is 6.28. The third kappa shape index (κ3) is 10.7. The van der Waals surface area contributed by atoms with Crippen LogP contribution >= 0.6 is 0 Å². The zero-order chi connectivity index (χ0) is 16.1. The normalized spacial score (nSPS) is 13.0. The van der Waals surface area contributed by atoms with E-state index in [1.807, 2.05) is 13.8 Å². The van der Waals surface area contributed by atoms with Crippen molar-refractivity contribution < 1.29 is 29.3 Å². The van der Waals surface area contributed by atoms with Crippen LogP contribution in [0.5, 0.6) is 0 Å². The summed E-state index contributed by atoms with van der Waals surface area (Å²) in [6.45, 7) is 2.90. The molecule has 0 rings (SSSR count). The number of ether oxygens (including phenoxy) is 2. The van der Waals surface area contributed by atoms with Gasteiger partial charge in [0.1, 0.15) is 12.6 Å². The van der Waals surface area contributed by atoms with Crippen molar-refractivity contribution in [3.8, 4) is 0 Å². The quantitative estimate of drug-likeness (QED) is 0.391. The van der Waals surface area contributed by atoms with Crippen LogP contribution in [-0.4, -0.2) is 61.2 Å². The Labute approximate surface area is 119 Å². The van der Waals surface area contributed by atoms with Crippen LogP contribution in [0.3, 0.4) is 0 Å². The van der Waals surface area contributed by atoms with Crippen molar-refractivity contribution in [1.29, 1.82) is 0 Å². The minimum Gasteiger partial charge on any atom is -0.460 e. The van der Waals surface area contributed by atoms with Crippen LogP contribution in [0.25, 0.3) is 0 Å². The lowest BCUT2D eigenvalue weighted by molar-refractivity contribution is -0.161. The van der Waals surface area contributed by atoms with Gasteiger partial charge < -0.3 is 31.2 Å². The van der Waals surface area contributed by atoms with Gasteiger partial charge in [-0.3, -0.25) is 9.59 Å². The smallest absolute Gasteiger partial charge is 0.323 e. The van der Waals surface area contributed by atoms with E-state index in [0.29, 0.717) is 6.42 Å². The van der Waals surface area contributed by atoms with E-state index < -0.39 is 30.7 Å². The number of hydrogen-bond acceptors (Lipinski definition) is 8. The zero-order valence-electron chi connectivity index (χ0n) is 12.2. The molecule has 0 aliphatic rings. The van der Waals surface area contributed by atoms with E-state index in [1.54, 1.807) is 0 Å². The number of aliphatic hydroxyl groups is 2. The molecule has 0 radical (unpaired) electrons. The van der Waals surface area contributed by atoms with Gasteiger partial charge in [-0.2, -0.15) is 0 Å². The first-order chi connectivity index (χ1) is 9.40. The maximum Gasteiger partial charge on any atom is 0.323 e. The Hall–Kier alpha value is -1.22. The fourth-order valence-corrected chi connectivity index (χ4v) is 1.24. The summed E-state index contributed by atoms with van der Waals surface area (Å²) in [6.07, 6.45) is -0.401. The Bertz CT molecular complexity index is 273. The van der Waals surface area contributed by atoms with Gasteiger partial charge in [0.2, 0.25) is 0 Å². The van der Waals surface area contributed by atoms with Crippen molar-refractivity contribution in [3.63, 3.8) is 0 Å². The van der Waals surface area contributed by atoms with E-state index in [0.717, 1.165) is 7.11 Å². The number of carbonyl (C=O) groups is 2. The van der Waals surface area contributed by atoms with E-state index in [1.165, 1.54) is 0 Å². The SMILES string of the molecule is CC(C)C[C@H](N)C(=O)OCC(CO)OC(=O)CN.CO. The zero-order valence-corrected chi connectivity index (χ0v) is 12.2. The molecule has 8 heteroatoms. The summed E-state index contributed by atoms with van der Waals surface area (Å²) in [7, 11) is 1.00. The second-order valence-corrected chi connectivity index (χ2v) is 4.36. The van der Waals surface area contributed by atoms with Gasteiger partial charge in [-0.05, 0) is 12.3 Å². The van der Waals surface area contributed by atoms with E-state index in [9.17, 15) is 9.59 Å². The molecule has 6 N–H and O–H groups in total. The second-order valence-electron chi connectivity index (χ2n) is 4.36. The summed E-state index contributed by atoms with van der Waals surface area (Å²) >= 11 is 0. The van der Waals surface area contributed by atoms with E-state index in [-0.39, 0.29) is 19.1 Å². The molecule has 0 saturated heterocycles. The number of aliphatic hydroxyl groups excluding tert-OH is 2. The highest BCUT2D eigenvalue weighted by atomic mass is 16.6. The lowest BCUT2D eigenvalue weighted by atomic mass is 10.1. The molecule has 0 spiro atoms. The average molecular weight is 294 g/mol. The van der Waals surface area contributed by atoms with Crippen LogP contribution in [0.4, 0.5) is 0 Å². The minimum absolute atomic E-state index is 0.229. The molecule has 2 atom stereocenters. The molecule has 0 saturated carbocycles. The summed E-state index contributed by atoms with van der Waals surface area (Å²) in [5.41, 5.74) is 10.7. The first-order valence-electron chi connectivity index (χ1n) is 6.28. The van der Waals surface area contributed by atoms with Crippen molar-refractivity contribution in [2.24, 2.45) is 17.4 Å². The van der Waals surface area contributed by atoms with E-state index in [2.05, 4.69) is 0 Å². The van der Waals surface area contributed by atoms with Gasteiger partial charge >= 0.3 is 11.9 Å². The molecule has 0 fully saturated rings. The van der Waals surface area contributed by atoms with E-state index >= 15 is 0 Å². The Balaban J connectivity index is 0. The summed E-state index contributed by atoms with van der Waals surface area (Å²) in [5, 5.41) is 15.9. The van der Waals surface area contributed by atoms with Gasteiger partial charge in [-0.25, -0.2) is 0 Å². The average Bonchev–Trinajstić information content (AvgIpc) is 2.43. The lowest BCUT2D eigenvalue weighted by Gasteiger charge is -2.17. The molecular weight excluding hydrogens is 268 g/mol. The van der Waals surface area contributed by atoms with Crippen molar-refractivity contribution in [2.45, 2.75) is 32.4 Å². The van der Waals surface area contributed by atoms with Crippen LogP contribution < -0.4 is 11.5 Å². The van der Waals surface area contributed by atoms with Gasteiger partial charge in [-0.15, -0.1) is 0 Å². The van der Waals surface area contributed by atoms with Crippen molar-refractivity contribution in [3.05, 3.63) is 0 Å². The van der Waals surface area contributed by atoms with Gasteiger partial charge in [0.15, 0.2) is 6.10 Å². The Morgan fingerprint density at radius 3 is 2.20 bits per heavy atom. The fourth-order valence-electron chi connectivity index (χ4n) is 1.24. The highest BCUT2D eigenvalue weighted by Gasteiger charge is 2.20. The summed E-state index contributed by atoms with van der Waals surface area (Å²) in [5.74, 6) is -0.973. The van der Waals surface area contributed by atoms with Crippen molar-refractivity contribution >= 4 is 11.9 Å². The number of nitrogens with two attached hydrogens (primary N) is 2. The molecule has 0 aromatic rings. The highest BCUT2D eigenvalue weighted by Crippen LogP contribution is 2.04. The molecule has 0 heterocycles. The van der Waals surface area contributed by atoms with Crippen LogP contribution in [0.1, 0.15) is 20.3 Å². The second kappa shape index (κ2) is 12.8. The highest BCUT2D eigenvalue weighted by molar-refractivity contribution is 5.75. The molecule has 0 bridgehead atoms. The molecule has 0 aromatic heterocycles. The molecule has 120 valence electrons. The van der Waals surface area contributed by atoms with Gasteiger partial charge in [0, 0.05) is 7.11 Å². The first kappa shape index (κ1) is 21.1. The van der Waals surface area contributed by atoms with Crippen LogP contribution in [0, 0.1) is 5.92 Å². The Morgan fingerprint density at radius 1 is 1.25 bits per heavy atom. The topological polar surface area (TPSA) is 145 Å². The third-order valence-corrected chi connectivity index (χ3v) is 2.11. The molecule has 1 unspecified atom stereocenters. The summed E-state index contributed by atoms with van der Waals surface area (Å²) < 4.78 is 9.59. The Morgan fingerprint density at radius 2 is 1.80 bits per heavy atom. The maximum atomic E-state index is 11.5. The predicted octanol–water partition coefficient (Wildman–Crippen LogP) is -1.63. The molecule has 0 amide bonds. The number of hydrogen-bond donors (Lipinski definition) is 4. The summed E-state index contributed by atoms with van der Waals surface area (Å²) in [4.78, 5) is 22.3. The number of esters is 2. The summed E-state index contributed by atoms with van der Waals surface area (Å²) in [6, 6.07) is -0.713. The van der Waals surface area contributed by atoms with Gasteiger partial charge in [0.25, 0.3) is 0 Å².